The van der Waals surface area contributed by atoms with E-state index in [9.17, 15) is 0 Å². The van der Waals surface area contributed by atoms with Gasteiger partial charge in [-0.2, -0.15) is 11.8 Å². The number of aryl methyl sites for hydroxylation is 1. The van der Waals surface area contributed by atoms with Crippen LogP contribution >= 0.6 is 23.4 Å². The fourth-order valence-electron chi connectivity index (χ4n) is 2.09. The number of nitrogens with one attached hydrogen (secondary N) is 1. The van der Waals surface area contributed by atoms with Crippen LogP contribution in [0.5, 0.6) is 0 Å². The summed E-state index contributed by atoms with van der Waals surface area (Å²) < 4.78 is 0. The van der Waals surface area contributed by atoms with Crippen molar-refractivity contribution in [3.05, 3.63) is 33.8 Å². The molecular formula is C12H16ClNS. The minimum atomic E-state index is 0.465. The molecule has 2 rings (SSSR count). The van der Waals surface area contributed by atoms with E-state index in [0.29, 0.717) is 6.04 Å². The lowest BCUT2D eigenvalue weighted by molar-refractivity contribution is 0.581. The predicted molar refractivity (Wildman–Crippen MR) is 68.8 cm³/mol. The lowest BCUT2D eigenvalue weighted by Gasteiger charge is -2.18. The molecule has 1 aliphatic heterocycles. The van der Waals surface area contributed by atoms with Gasteiger partial charge in [-0.3, -0.25) is 0 Å². The summed E-state index contributed by atoms with van der Waals surface area (Å²) in [5.74, 6) is 2.25. The molecule has 1 atom stereocenters. The highest BCUT2D eigenvalue weighted by Gasteiger charge is 2.19. The molecule has 0 fully saturated rings. The van der Waals surface area contributed by atoms with E-state index in [2.05, 4.69) is 24.4 Å². The molecule has 3 heteroatoms. The molecule has 0 aliphatic carbocycles. The van der Waals surface area contributed by atoms with Crippen LogP contribution < -0.4 is 5.32 Å². The maximum Gasteiger partial charge on any atom is 0.0452 e. The Hall–Kier alpha value is -0.180. The lowest BCUT2D eigenvalue weighted by Crippen LogP contribution is -2.17. The molecule has 1 aromatic carbocycles. The smallest absolute Gasteiger partial charge is 0.0452 e. The second kappa shape index (κ2) is 4.77. The van der Waals surface area contributed by atoms with Gasteiger partial charge in [-0.25, -0.2) is 0 Å². The third-order valence-electron chi connectivity index (χ3n) is 2.90. The van der Waals surface area contributed by atoms with Gasteiger partial charge in [0.2, 0.25) is 0 Å². The van der Waals surface area contributed by atoms with Crippen LogP contribution in [0, 0.1) is 6.92 Å². The Balaban J connectivity index is 2.50. The van der Waals surface area contributed by atoms with Crippen molar-refractivity contribution in [3.8, 4) is 0 Å². The highest BCUT2D eigenvalue weighted by molar-refractivity contribution is 7.98. The molecule has 1 aliphatic rings. The van der Waals surface area contributed by atoms with Crippen LogP contribution in [0.3, 0.4) is 0 Å². The summed E-state index contributed by atoms with van der Waals surface area (Å²) in [5.41, 5.74) is 3.97. The molecule has 1 aromatic rings. The lowest BCUT2D eigenvalue weighted by atomic mass is 9.97. The molecule has 82 valence electrons. The van der Waals surface area contributed by atoms with Crippen LogP contribution in [0.1, 0.15) is 29.2 Å². The Morgan fingerprint density at radius 2 is 2.27 bits per heavy atom. The van der Waals surface area contributed by atoms with Crippen molar-refractivity contribution in [1.29, 1.82) is 0 Å². The second-order valence-corrected chi connectivity index (χ2v) is 5.51. The van der Waals surface area contributed by atoms with Crippen molar-refractivity contribution in [2.45, 2.75) is 25.1 Å². The van der Waals surface area contributed by atoms with Crippen molar-refractivity contribution in [2.75, 3.05) is 12.8 Å². The normalized spacial score (nSPS) is 20.9. The highest BCUT2D eigenvalue weighted by atomic mass is 35.5. The zero-order valence-electron chi connectivity index (χ0n) is 9.14. The van der Waals surface area contributed by atoms with Gasteiger partial charge in [-0.15, -0.1) is 0 Å². The van der Waals surface area contributed by atoms with Crippen molar-refractivity contribution < 1.29 is 0 Å². The average molecular weight is 242 g/mol. The third kappa shape index (κ3) is 2.32. The largest absolute Gasteiger partial charge is 0.313 e. The molecule has 1 N–H and O–H groups in total. The fraction of sp³-hybridized carbons (Fsp3) is 0.500. The van der Waals surface area contributed by atoms with Gasteiger partial charge in [0, 0.05) is 16.8 Å². The molecule has 0 bridgehead atoms. The molecule has 0 amide bonds. The Labute approximate surface area is 101 Å². The standard InChI is InChI=1S/C12H16ClNS/c1-8-5-9-10(11(13)6-8)7-15-4-3-12(9)14-2/h5-6,12,14H,3-4,7H2,1-2H3. The van der Waals surface area contributed by atoms with Gasteiger partial charge in [0.1, 0.15) is 0 Å². The van der Waals surface area contributed by atoms with Crippen molar-refractivity contribution in [2.24, 2.45) is 0 Å². The topological polar surface area (TPSA) is 12.0 Å². The minimum Gasteiger partial charge on any atom is -0.313 e. The number of halogens is 1. The summed E-state index contributed by atoms with van der Waals surface area (Å²) in [5, 5.41) is 4.31. The van der Waals surface area contributed by atoms with E-state index < -0.39 is 0 Å². The number of thioether (sulfide) groups is 1. The van der Waals surface area contributed by atoms with E-state index in [1.165, 1.54) is 28.9 Å². The van der Waals surface area contributed by atoms with Gasteiger partial charge >= 0.3 is 0 Å². The van der Waals surface area contributed by atoms with E-state index in [4.69, 9.17) is 11.6 Å². The summed E-state index contributed by atoms with van der Waals surface area (Å²) in [7, 11) is 2.03. The quantitative estimate of drug-likeness (QED) is 0.807. The zero-order valence-corrected chi connectivity index (χ0v) is 10.7. The number of rotatable bonds is 1. The first-order valence-electron chi connectivity index (χ1n) is 5.26. The van der Waals surface area contributed by atoms with Crippen LogP contribution in [-0.2, 0) is 5.75 Å². The molecule has 1 heterocycles. The summed E-state index contributed by atoms with van der Waals surface area (Å²) in [6.45, 7) is 2.11. The van der Waals surface area contributed by atoms with Crippen LogP contribution in [0.15, 0.2) is 12.1 Å². The highest BCUT2D eigenvalue weighted by Crippen LogP contribution is 2.35. The van der Waals surface area contributed by atoms with Gasteiger partial charge in [0.25, 0.3) is 0 Å². The molecule has 0 radical (unpaired) electrons. The predicted octanol–water partition coefficient (Wildman–Crippen LogP) is 3.55. The fourth-order valence-corrected chi connectivity index (χ4v) is 3.59. The van der Waals surface area contributed by atoms with E-state index in [0.717, 1.165) is 10.8 Å². The summed E-state index contributed by atoms with van der Waals surface area (Å²) >= 11 is 8.27. The Bertz CT molecular complexity index is 365. The molecule has 0 saturated heterocycles. The number of benzene rings is 1. The Morgan fingerprint density at radius 1 is 1.47 bits per heavy atom. The van der Waals surface area contributed by atoms with Gasteiger partial charge in [-0.05, 0) is 48.9 Å². The van der Waals surface area contributed by atoms with E-state index in [-0.39, 0.29) is 0 Å². The van der Waals surface area contributed by atoms with Gasteiger partial charge < -0.3 is 5.32 Å². The SMILES string of the molecule is CNC1CCSCc2c(Cl)cc(C)cc21. The van der Waals surface area contributed by atoms with Crippen molar-refractivity contribution >= 4 is 23.4 Å². The maximum absolute atomic E-state index is 6.30. The number of fused-ring (bicyclic) bond motifs is 1. The summed E-state index contributed by atoms with van der Waals surface area (Å²) in [6, 6.07) is 4.81. The van der Waals surface area contributed by atoms with Crippen LogP contribution in [0.25, 0.3) is 0 Å². The molecule has 1 unspecified atom stereocenters. The minimum absolute atomic E-state index is 0.465. The van der Waals surface area contributed by atoms with E-state index in [1.54, 1.807) is 0 Å². The Morgan fingerprint density at radius 3 is 3.00 bits per heavy atom. The van der Waals surface area contributed by atoms with Crippen LogP contribution in [-0.4, -0.2) is 12.8 Å². The first kappa shape index (κ1) is 11.3. The van der Waals surface area contributed by atoms with E-state index in [1.807, 2.05) is 18.8 Å². The summed E-state index contributed by atoms with van der Waals surface area (Å²) in [4.78, 5) is 0. The monoisotopic (exact) mass is 241 g/mol. The molecular weight excluding hydrogens is 226 g/mol. The second-order valence-electron chi connectivity index (χ2n) is 4.00. The average Bonchev–Trinajstić information content (AvgIpc) is 2.39. The molecule has 0 saturated carbocycles. The van der Waals surface area contributed by atoms with Crippen LogP contribution in [0.2, 0.25) is 5.02 Å². The van der Waals surface area contributed by atoms with Crippen molar-refractivity contribution in [1.82, 2.24) is 5.32 Å². The maximum atomic E-state index is 6.30. The zero-order chi connectivity index (χ0) is 10.8. The third-order valence-corrected chi connectivity index (χ3v) is 4.25. The first-order chi connectivity index (χ1) is 7.22. The molecule has 0 spiro atoms. The van der Waals surface area contributed by atoms with E-state index >= 15 is 0 Å². The number of hydrogen-bond donors (Lipinski definition) is 1. The summed E-state index contributed by atoms with van der Waals surface area (Å²) in [6.07, 6.45) is 1.19. The van der Waals surface area contributed by atoms with Crippen molar-refractivity contribution in [3.63, 3.8) is 0 Å². The van der Waals surface area contributed by atoms with Gasteiger partial charge in [0.05, 0.1) is 0 Å². The molecule has 0 aromatic heterocycles. The molecule has 1 nitrogen and oxygen atoms in total. The Kier molecular flexibility index (Phi) is 3.60. The number of hydrogen-bond acceptors (Lipinski definition) is 2. The van der Waals surface area contributed by atoms with Gasteiger partial charge in [-0.1, -0.05) is 17.7 Å². The first-order valence-corrected chi connectivity index (χ1v) is 6.79. The van der Waals surface area contributed by atoms with Crippen LogP contribution in [0.4, 0.5) is 0 Å². The molecule has 15 heavy (non-hydrogen) atoms. The van der Waals surface area contributed by atoms with Gasteiger partial charge in [0.15, 0.2) is 0 Å².